The maximum Gasteiger partial charge on any atom is 0.158 e. The van der Waals surface area contributed by atoms with E-state index < -0.39 is 0 Å². The molecule has 4 nitrogen and oxygen atoms in total. The van der Waals surface area contributed by atoms with Crippen LogP contribution in [0.5, 0.6) is 0 Å². The van der Waals surface area contributed by atoms with E-state index in [9.17, 15) is 0 Å². The molecule has 244 valence electrons. The molecule has 2 heterocycles. The largest absolute Gasteiger partial charge is 0.456 e. The highest BCUT2D eigenvalue weighted by atomic mass is 32.1. The molecular weight excluding hydrogens is 631 g/mol. The van der Waals surface area contributed by atoms with Crippen molar-refractivity contribution in [2.75, 3.05) is 0 Å². The fraction of sp³-hybridized carbons (Fsp3) is 0.156. The molecule has 0 saturated carbocycles. The minimum atomic E-state index is -0.130. The molecule has 9 rings (SSSR count). The molecule has 1 aliphatic carbocycles. The summed E-state index contributed by atoms with van der Waals surface area (Å²) >= 11 is 1.88. The Kier molecular flexibility index (Phi) is 6.88. The van der Waals surface area contributed by atoms with Gasteiger partial charge < -0.3 is 10.2 Å². The molecule has 0 saturated heterocycles. The minimum absolute atomic E-state index is 0.105. The number of thiophene rings is 1. The van der Waals surface area contributed by atoms with Crippen LogP contribution in [-0.2, 0) is 17.4 Å². The molecule has 1 aliphatic rings. The van der Waals surface area contributed by atoms with E-state index in [0.29, 0.717) is 18.2 Å². The van der Waals surface area contributed by atoms with E-state index in [1.54, 1.807) is 0 Å². The first-order valence-electron chi connectivity index (χ1n) is 17.2. The van der Waals surface area contributed by atoms with Crippen molar-refractivity contribution in [3.8, 4) is 11.1 Å². The van der Waals surface area contributed by atoms with Crippen LogP contribution in [0.1, 0.15) is 55.5 Å². The first-order valence-corrected chi connectivity index (χ1v) is 18.0. The van der Waals surface area contributed by atoms with Crippen molar-refractivity contribution in [2.24, 2.45) is 15.7 Å². The number of nitrogens with zero attached hydrogens (tertiary/aromatic N) is 2. The molecular formula is C45H37N3OS. The molecule has 0 amide bonds. The van der Waals surface area contributed by atoms with E-state index >= 15 is 0 Å². The van der Waals surface area contributed by atoms with E-state index in [4.69, 9.17) is 20.1 Å². The molecule has 0 atom stereocenters. The molecule has 0 aliphatic heterocycles. The predicted molar refractivity (Wildman–Crippen MR) is 212 cm³/mol. The second-order valence-electron chi connectivity index (χ2n) is 14.4. The summed E-state index contributed by atoms with van der Waals surface area (Å²) in [4.78, 5) is 10.2. The summed E-state index contributed by atoms with van der Waals surface area (Å²) in [6.45, 7) is 10.0. The highest BCUT2D eigenvalue weighted by molar-refractivity contribution is 7.26. The Bertz CT molecular complexity index is 2690. The fourth-order valence-corrected chi connectivity index (χ4v) is 8.92. The Morgan fingerprint density at radius 3 is 2.22 bits per heavy atom. The molecule has 5 heteroatoms. The Hall–Kier alpha value is -5.52. The molecule has 2 aromatic heterocycles. The molecule has 2 N–H and O–H groups in total. The first kappa shape index (κ1) is 30.5. The number of para-hydroxylation sites is 1. The van der Waals surface area contributed by atoms with Crippen LogP contribution in [0.3, 0.4) is 0 Å². The third-order valence-corrected chi connectivity index (χ3v) is 12.3. The maximum atomic E-state index is 6.66. The van der Waals surface area contributed by atoms with Crippen LogP contribution in [0.15, 0.2) is 142 Å². The predicted octanol–water partition coefficient (Wildman–Crippen LogP) is 11.5. The second kappa shape index (κ2) is 11.3. The maximum absolute atomic E-state index is 6.66. The van der Waals surface area contributed by atoms with Gasteiger partial charge in [-0.2, -0.15) is 0 Å². The van der Waals surface area contributed by atoms with Crippen molar-refractivity contribution in [1.82, 2.24) is 0 Å². The molecule has 0 spiro atoms. The molecule has 8 aromatic rings. The highest BCUT2D eigenvalue weighted by Gasteiger charge is 2.46. The van der Waals surface area contributed by atoms with Gasteiger partial charge in [-0.05, 0) is 62.9 Å². The van der Waals surface area contributed by atoms with E-state index in [0.717, 1.165) is 38.6 Å². The van der Waals surface area contributed by atoms with Gasteiger partial charge in [-0.25, -0.2) is 4.99 Å². The van der Waals surface area contributed by atoms with Crippen LogP contribution >= 0.6 is 11.3 Å². The summed E-state index contributed by atoms with van der Waals surface area (Å²) in [5.41, 5.74) is 16.4. The SMILES string of the molecule is CC1(C)c2cc(CN=C(N=C(N)c3ccccc3)c3cccc4oc5ccccc5c34)ccc2-c2c(ccc3sc4ccccc4c23)C1(C)C. The van der Waals surface area contributed by atoms with E-state index in [1.807, 2.05) is 72.0 Å². The zero-order valence-electron chi connectivity index (χ0n) is 28.6. The van der Waals surface area contributed by atoms with Crippen molar-refractivity contribution < 1.29 is 4.42 Å². The van der Waals surface area contributed by atoms with Gasteiger partial charge in [-0.1, -0.05) is 131 Å². The summed E-state index contributed by atoms with van der Waals surface area (Å²) < 4.78 is 8.91. The first-order chi connectivity index (χ1) is 24.2. The zero-order chi connectivity index (χ0) is 34.2. The standard InChI is InChI=1S/C45H37N3OS/c1-44(2)33-23-24-38-41(31-16-9-11-20-37(31)50-38)40(33)29-22-21-27(25-34(29)45(44,3)4)26-47-43(48-42(46)28-13-6-5-7-14-28)32-17-12-19-36-39(32)30-15-8-10-18-35(30)49-36/h5-25H,26H2,1-4H3,(H2,46,47,48). The Morgan fingerprint density at radius 2 is 1.38 bits per heavy atom. The number of amidine groups is 2. The van der Waals surface area contributed by atoms with Gasteiger partial charge in [0.15, 0.2) is 5.84 Å². The van der Waals surface area contributed by atoms with Gasteiger partial charge in [0.1, 0.15) is 17.0 Å². The van der Waals surface area contributed by atoms with E-state index in [1.165, 1.54) is 42.4 Å². The topological polar surface area (TPSA) is 63.9 Å². The van der Waals surface area contributed by atoms with Gasteiger partial charge in [0, 0.05) is 42.1 Å². The van der Waals surface area contributed by atoms with Gasteiger partial charge in [0.2, 0.25) is 0 Å². The number of rotatable bonds is 4. The number of nitrogens with two attached hydrogens (primary N) is 1. The van der Waals surface area contributed by atoms with Crippen LogP contribution in [0.2, 0.25) is 0 Å². The quantitative estimate of drug-likeness (QED) is 0.150. The number of fused-ring (bicyclic) bond motifs is 10. The Labute approximate surface area is 295 Å². The Balaban J connectivity index is 1.21. The van der Waals surface area contributed by atoms with Crippen molar-refractivity contribution in [3.05, 3.63) is 155 Å². The fourth-order valence-electron chi connectivity index (χ4n) is 7.81. The van der Waals surface area contributed by atoms with Crippen molar-refractivity contribution in [3.63, 3.8) is 0 Å². The van der Waals surface area contributed by atoms with E-state index in [-0.39, 0.29) is 10.8 Å². The normalized spacial score (nSPS) is 15.5. The molecule has 0 bridgehead atoms. The summed E-state index contributed by atoms with van der Waals surface area (Å²) in [6, 6.07) is 44.5. The van der Waals surface area contributed by atoms with Gasteiger partial charge in [0.05, 0.1) is 6.54 Å². The zero-order valence-corrected chi connectivity index (χ0v) is 29.4. The van der Waals surface area contributed by atoms with Crippen LogP contribution in [0.4, 0.5) is 0 Å². The lowest BCUT2D eigenvalue weighted by molar-refractivity contribution is 0.299. The average molecular weight is 668 g/mol. The average Bonchev–Trinajstić information content (AvgIpc) is 3.71. The number of benzene rings is 6. The van der Waals surface area contributed by atoms with Crippen LogP contribution in [0, 0.1) is 0 Å². The number of hydrogen-bond acceptors (Lipinski definition) is 3. The van der Waals surface area contributed by atoms with Crippen LogP contribution in [0.25, 0.3) is 53.2 Å². The third-order valence-electron chi connectivity index (χ3n) is 11.2. The van der Waals surface area contributed by atoms with Crippen molar-refractivity contribution >= 4 is 65.1 Å². The van der Waals surface area contributed by atoms with Crippen LogP contribution in [-0.4, -0.2) is 11.7 Å². The summed E-state index contributed by atoms with van der Waals surface area (Å²) in [5.74, 6) is 1.00. The highest BCUT2D eigenvalue weighted by Crippen LogP contribution is 2.57. The molecule has 0 fully saturated rings. The van der Waals surface area contributed by atoms with Gasteiger partial charge >= 0.3 is 0 Å². The lowest BCUT2D eigenvalue weighted by atomic mass is 9.55. The second-order valence-corrected chi connectivity index (χ2v) is 15.5. The summed E-state index contributed by atoms with van der Waals surface area (Å²) in [5, 5.41) is 4.72. The molecule has 6 aromatic carbocycles. The van der Waals surface area contributed by atoms with E-state index in [2.05, 4.69) is 94.4 Å². The molecule has 50 heavy (non-hydrogen) atoms. The van der Waals surface area contributed by atoms with Gasteiger partial charge in [-0.3, -0.25) is 4.99 Å². The molecule has 0 unspecified atom stereocenters. The Morgan fingerprint density at radius 1 is 0.660 bits per heavy atom. The number of aliphatic imine (C=N–C) groups is 2. The summed E-state index contributed by atoms with van der Waals surface area (Å²) in [6.07, 6.45) is 0. The molecule has 0 radical (unpaired) electrons. The van der Waals surface area contributed by atoms with Gasteiger partial charge in [-0.15, -0.1) is 11.3 Å². The smallest absolute Gasteiger partial charge is 0.158 e. The minimum Gasteiger partial charge on any atom is -0.456 e. The van der Waals surface area contributed by atoms with Crippen molar-refractivity contribution in [2.45, 2.75) is 45.1 Å². The summed E-state index contributed by atoms with van der Waals surface area (Å²) in [7, 11) is 0. The van der Waals surface area contributed by atoms with Crippen molar-refractivity contribution in [1.29, 1.82) is 0 Å². The lowest BCUT2D eigenvalue weighted by Crippen LogP contribution is -2.43. The van der Waals surface area contributed by atoms with Gasteiger partial charge in [0.25, 0.3) is 0 Å². The van der Waals surface area contributed by atoms with Crippen LogP contribution < -0.4 is 5.73 Å². The number of hydrogen-bond donors (Lipinski definition) is 1. The third kappa shape index (κ3) is 4.57. The number of furan rings is 1. The monoisotopic (exact) mass is 667 g/mol. The lowest BCUT2D eigenvalue weighted by Gasteiger charge is -2.48.